The molecule has 0 unspecified atom stereocenters. The highest BCUT2D eigenvalue weighted by molar-refractivity contribution is 7.10. The Bertz CT molecular complexity index is 609. The van der Waals surface area contributed by atoms with Gasteiger partial charge in [-0.05, 0) is 22.9 Å². The van der Waals surface area contributed by atoms with E-state index in [4.69, 9.17) is 14.2 Å². The lowest BCUT2D eigenvalue weighted by molar-refractivity contribution is 0.0761. The molecule has 0 N–H and O–H groups in total. The molecule has 1 fully saturated rings. The summed E-state index contributed by atoms with van der Waals surface area (Å²) in [5.41, 5.74) is 0. The van der Waals surface area contributed by atoms with Gasteiger partial charge in [-0.2, -0.15) is 0 Å². The summed E-state index contributed by atoms with van der Waals surface area (Å²) in [6.07, 6.45) is 0. The van der Waals surface area contributed by atoms with E-state index in [1.165, 1.54) is 9.75 Å². The van der Waals surface area contributed by atoms with Crippen molar-refractivity contribution in [1.29, 1.82) is 0 Å². The fraction of sp³-hybridized carbons (Fsp3) is 0.556. The van der Waals surface area contributed by atoms with Gasteiger partial charge in [-0.25, -0.2) is 0 Å². The lowest BCUT2D eigenvalue weighted by atomic mass is 10.2. The van der Waals surface area contributed by atoms with Crippen molar-refractivity contribution in [2.45, 2.75) is 13.1 Å². The van der Waals surface area contributed by atoms with E-state index in [0.29, 0.717) is 26.4 Å². The molecule has 0 radical (unpaired) electrons. The van der Waals surface area contributed by atoms with Gasteiger partial charge in [-0.15, -0.1) is 22.7 Å². The van der Waals surface area contributed by atoms with E-state index in [0.717, 1.165) is 50.8 Å². The molecule has 25 heavy (non-hydrogen) atoms. The first kappa shape index (κ1) is 17.3. The van der Waals surface area contributed by atoms with Crippen LogP contribution in [-0.4, -0.2) is 62.4 Å². The molecule has 2 aromatic heterocycles. The molecule has 7 heteroatoms. The molecule has 136 valence electrons. The van der Waals surface area contributed by atoms with Gasteiger partial charge in [0.05, 0.1) is 23.0 Å². The molecule has 0 spiro atoms. The summed E-state index contributed by atoms with van der Waals surface area (Å²) < 4.78 is 17.5. The summed E-state index contributed by atoms with van der Waals surface area (Å²) >= 11 is 3.57. The van der Waals surface area contributed by atoms with Crippen molar-refractivity contribution in [2.75, 3.05) is 52.6 Å². The van der Waals surface area contributed by atoms with E-state index < -0.39 is 0 Å². The predicted octanol–water partition coefficient (Wildman–Crippen LogP) is 2.92. The second-order valence-electron chi connectivity index (χ2n) is 6.28. The van der Waals surface area contributed by atoms with Crippen molar-refractivity contribution >= 4 is 22.7 Å². The van der Waals surface area contributed by atoms with Crippen molar-refractivity contribution in [2.24, 2.45) is 0 Å². The van der Waals surface area contributed by atoms with Gasteiger partial charge in [0.2, 0.25) is 0 Å². The van der Waals surface area contributed by atoms with Crippen LogP contribution in [0.25, 0.3) is 0 Å². The first-order chi connectivity index (χ1) is 12.4. The molecule has 5 nitrogen and oxygen atoms in total. The average Bonchev–Trinajstić information content (AvgIpc) is 3.25. The Labute approximate surface area is 156 Å². The third-order valence-electron chi connectivity index (χ3n) is 4.58. The van der Waals surface area contributed by atoms with Crippen LogP contribution in [0.5, 0.6) is 11.5 Å². The van der Waals surface area contributed by atoms with E-state index in [1.54, 1.807) is 22.7 Å². The summed E-state index contributed by atoms with van der Waals surface area (Å²) in [6, 6.07) is 4.15. The highest BCUT2D eigenvalue weighted by Crippen LogP contribution is 2.29. The Morgan fingerprint density at radius 2 is 1.16 bits per heavy atom. The number of fused-ring (bicyclic) bond motifs is 8. The summed E-state index contributed by atoms with van der Waals surface area (Å²) in [4.78, 5) is 7.69. The fourth-order valence-corrected chi connectivity index (χ4v) is 4.89. The van der Waals surface area contributed by atoms with Crippen LogP contribution in [0.3, 0.4) is 0 Å². The van der Waals surface area contributed by atoms with Gasteiger partial charge in [0.15, 0.2) is 0 Å². The Kier molecular flexibility index (Phi) is 5.89. The van der Waals surface area contributed by atoms with Gasteiger partial charge >= 0.3 is 0 Å². The number of hydrogen-bond acceptors (Lipinski definition) is 7. The third-order valence-corrected chi connectivity index (χ3v) is 6.35. The summed E-state index contributed by atoms with van der Waals surface area (Å²) in [5.74, 6) is 2.03. The molecule has 0 aromatic carbocycles. The van der Waals surface area contributed by atoms with Crippen LogP contribution in [0.2, 0.25) is 0 Å². The van der Waals surface area contributed by atoms with Crippen LogP contribution in [-0.2, 0) is 17.8 Å². The number of ether oxygens (including phenoxy) is 3. The van der Waals surface area contributed by atoms with Gasteiger partial charge in [-0.3, -0.25) is 9.80 Å². The van der Waals surface area contributed by atoms with E-state index in [2.05, 4.69) is 32.7 Å². The topological polar surface area (TPSA) is 34.2 Å². The minimum atomic E-state index is 0.585. The van der Waals surface area contributed by atoms with Gasteiger partial charge < -0.3 is 14.2 Å². The SMILES string of the molecule is c1cc2c(s1)CN1CCN(CC1)Cc1sccc1OCCOCCO2. The molecule has 5 heterocycles. The Morgan fingerprint density at radius 3 is 1.64 bits per heavy atom. The zero-order chi connectivity index (χ0) is 16.9. The first-order valence-corrected chi connectivity index (χ1v) is 10.6. The molecular formula is C18H24N2O3S2. The molecule has 0 saturated carbocycles. The molecule has 0 atom stereocenters. The van der Waals surface area contributed by atoms with Crippen LogP contribution in [0.1, 0.15) is 9.75 Å². The van der Waals surface area contributed by atoms with E-state index in [9.17, 15) is 0 Å². The molecule has 2 aromatic rings. The van der Waals surface area contributed by atoms with Gasteiger partial charge in [0.25, 0.3) is 0 Å². The standard InChI is InChI=1S/C18H24N2O3S2/c1-11-24-17-13-19-3-5-20(6-4-19)14-18-16(2-12-25-18)23-10-8-21-7-9-22-15(1)17/h1-2,11-12H,3-10,13-14H2. The van der Waals surface area contributed by atoms with Gasteiger partial charge in [0.1, 0.15) is 24.7 Å². The zero-order valence-electron chi connectivity index (χ0n) is 14.3. The van der Waals surface area contributed by atoms with Crippen LogP contribution in [0, 0.1) is 0 Å². The Morgan fingerprint density at radius 1 is 0.680 bits per heavy atom. The lowest BCUT2D eigenvalue weighted by Crippen LogP contribution is -2.45. The maximum absolute atomic E-state index is 5.91. The summed E-state index contributed by atoms with van der Waals surface area (Å²) in [5, 5.41) is 4.23. The fourth-order valence-electron chi connectivity index (χ4n) is 3.18. The predicted molar refractivity (Wildman–Crippen MR) is 101 cm³/mol. The first-order valence-electron chi connectivity index (χ1n) is 8.79. The molecule has 3 aliphatic rings. The number of hydrogen-bond donors (Lipinski definition) is 0. The number of piperazine rings is 1. The molecule has 0 amide bonds. The van der Waals surface area contributed by atoms with Crippen LogP contribution in [0.4, 0.5) is 0 Å². The highest BCUT2D eigenvalue weighted by Gasteiger charge is 2.20. The smallest absolute Gasteiger partial charge is 0.134 e. The second-order valence-corrected chi connectivity index (χ2v) is 8.28. The van der Waals surface area contributed by atoms with Gasteiger partial charge in [0, 0.05) is 39.3 Å². The number of thiophene rings is 2. The van der Waals surface area contributed by atoms with E-state index in [1.807, 2.05) is 0 Å². The second kappa shape index (κ2) is 8.51. The molecule has 2 bridgehead atoms. The Hall–Kier alpha value is -1.12. The monoisotopic (exact) mass is 380 g/mol. The van der Waals surface area contributed by atoms with Crippen LogP contribution in [0.15, 0.2) is 22.9 Å². The quantitative estimate of drug-likeness (QED) is 0.657. The third kappa shape index (κ3) is 4.54. The van der Waals surface area contributed by atoms with Crippen molar-refractivity contribution in [3.05, 3.63) is 32.6 Å². The van der Waals surface area contributed by atoms with Gasteiger partial charge in [-0.1, -0.05) is 0 Å². The number of nitrogens with zero attached hydrogens (tertiary/aromatic N) is 2. The summed E-state index contributed by atoms with van der Waals surface area (Å²) in [6.45, 7) is 8.71. The van der Waals surface area contributed by atoms with Crippen LogP contribution < -0.4 is 9.47 Å². The highest BCUT2D eigenvalue weighted by atomic mass is 32.1. The van der Waals surface area contributed by atoms with Crippen LogP contribution >= 0.6 is 22.7 Å². The molecule has 0 aliphatic carbocycles. The lowest BCUT2D eigenvalue weighted by Gasteiger charge is -2.34. The average molecular weight is 381 g/mol. The molecular weight excluding hydrogens is 356 g/mol. The van der Waals surface area contributed by atoms with Crippen molar-refractivity contribution < 1.29 is 14.2 Å². The van der Waals surface area contributed by atoms with E-state index >= 15 is 0 Å². The van der Waals surface area contributed by atoms with Crippen molar-refractivity contribution in [1.82, 2.24) is 9.80 Å². The maximum Gasteiger partial charge on any atom is 0.134 e. The normalized spacial score (nSPS) is 25.3. The minimum Gasteiger partial charge on any atom is -0.490 e. The zero-order valence-corrected chi connectivity index (χ0v) is 15.9. The number of rotatable bonds is 0. The largest absolute Gasteiger partial charge is 0.490 e. The molecule has 1 saturated heterocycles. The van der Waals surface area contributed by atoms with Crippen molar-refractivity contribution in [3.8, 4) is 11.5 Å². The molecule has 5 rings (SSSR count). The van der Waals surface area contributed by atoms with Crippen molar-refractivity contribution in [3.63, 3.8) is 0 Å². The van der Waals surface area contributed by atoms with E-state index in [-0.39, 0.29) is 0 Å². The maximum atomic E-state index is 5.91. The Balaban J connectivity index is 1.44. The molecule has 3 aliphatic heterocycles. The summed E-state index contributed by atoms with van der Waals surface area (Å²) in [7, 11) is 0. The minimum absolute atomic E-state index is 0.585.